The predicted molar refractivity (Wildman–Crippen MR) is 72.9 cm³/mol. The summed E-state index contributed by atoms with van der Waals surface area (Å²) in [7, 11) is 0. The molecular weight excluding hydrogens is 264 g/mol. The van der Waals surface area contributed by atoms with E-state index in [0.717, 1.165) is 0 Å². The van der Waals surface area contributed by atoms with Gasteiger partial charge < -0.3 is 5.11 Å². The van der Waals surface area contributed by atoms with Gasteiger partial charge in [-0.3, -0.25) is 4.79 Å². The molecule has 0 heterocycles. The number of hydrogen-bond acceptors (Lipinski definition) is 2. The fourth-order valence-corrected chi connectivity index (χ4v) is 2.03. The fraction of sp³-hybridized carbons (Fsp3) is 0.0667. The van der Waals surface area contributed by atoms with Crippen LogP contribution in [0.3, 0.4) is 0 Å². The predicted octanol–water partition coefficient (Wildman–Crippen LogP) is 3.46. The molecule has 19 heavy (non-hydrogen) atoms. The molecule has 0 saturated carbocycles. The van der Waals surface area contributed by atoms with E-state index in [4.69, 9.17) is 16.7 Å². The Balaban J connectivity index is 2.31. The van der Waals surface area contributed by atoms with Crippen molar-refractivity contribution in [3.63, 3.8) is 0 Å². The van der Waals surface area contributed by atoms with Gasteiger partial charge >= 0.3 is 5.97 Å². The summed E-state index contributed by atoms with van der Waals surface area (Å²) in [4.78, 5) is 23.2. The van der Waals surface area contributed by atoms with Gasteiger partial charge in [0.05, 0.1) is 5.56 Å². The normalized spacial score (nSPS) is 10.2. The summed E-state index contributed by atoms with van der Waals surface area (Å²) in [5.41, 5.74) is 0.906. The molecule has 0 unspecified atom stereocenters. The maximum Gasteiger partial charge on any atom is 0.336 e. The van der Waals surface area contributed by atoms with Crippen LogP contribution in [-0.4, -0.2) is 16.9 Å². The summed E-state index contributed by atoms with van der Waals surface area (Å²) in [6.07, 6.45) is 0.0873. The van der Waals surface area contributed by atoms with Crippen LogP contribution in [-0.2, 0) is 6.42 Å². The SMILES string of the molecule is O=C(O)c1ccccc1C(=O)Cc1ccccc1Cl. The highest BCUT2D eigenvalue weighted by atomic mass is 35.5. The lowest BCUT2D eigenvalue weighted by atomic mass is 9.98. The fourth-order valence-electron chi connectivity index (χ4n) is 1.82. The third kappa shape index (κ3) is 3.01. The van der Waals surface area contributed by atoms with Gasteiger partial charge in [-0.05, 0) is 17.7 Å². The van der Waals surface area contributed by atoms with Crippen LogP contribution in [0.15, 0.2) is 48.5 Å². The molecule has 0 spiro atoms. The molecule has 0 aromatic heterocycles. The minimum atomic E-state index is -1.11. The Morgan fingerprint density at radius 3 is 2.16 bits per heavy atom. The molecule has 0 aliphatic heterocycles. The molecule has 3 nitrogen and oxygen atoms in total. The van der Waals surface area contributed by atoms with Crippen LogP contribution in [0.5, 0.6) is 0 Å². The number of carbonyl (C=O) groups is 2. The third-order valence-electron chi connectivity index (χ3n) is 2.77. The van der Waals surface area contributed by atoms with Crippen molar-refractivity contribution in [3.8, 4) is 0 Å². The molecular formula is C15H11ClO3. The molecule has 0 aliphatic carbocycles. The van der Waals surface area contributed by atoms with Crippen molar-refractivity contribution in [2.24, 2.45) is 0 Å². The summed E-state index contributed by atoms with van der Waals surface area (Å²) >= 11 is 5.99. The van der Waals surface area contributed by atoms with E-state index in [2.05, 4.69) is 0 Å². The smallest absolute Gasteiger partial charge is 0.336 e. The van der Waals surface area contributed by atoms with E-state index >= 15 is 0 Å². The van der Waals surface area contributed by atoms with Crippen molar-refractivity contribution >= 4 is 23.4 Å². The van der Waals surface area contributed by atoms with E-state index < -0.39 is 5.97 Å². The third-order valence-corrected chi connectivity index (χ3v) is 3.14. The zero-order valence-corrected chi connectivity index (χ0v) is 10.7. The standard InChI is InChI=1S/C15H11ClO3/c16-13-8-4-1-5-10(13)9-14(17)11-6-2-3-7-12(11)15(18)19/h1-8H,9H2,(H,18,19). The molecule has 0 atom stereocenters. The molecule has 2 aromatic carbocycles. The molecule has 2 rings (SSSR count). The molecule has 96 valence electrons. The van der Waals surface area contributed by atoms with E-state index in [1.807, 2.05) is 0 Å². The molecule has 0 aliphatic rings. The Labute approximate surface area is 115 Å². The van der Waals surface area contributed by atoms with Crippen LogP contribution in [0, 0.1) is 0 Å². The Morgan fingerprint density at radius 2 is 1.53 bits per heavy atom. The van der Waals surface area contributed by atoms with E-state index in [9.17, 15) is 9.59 Å². The number of carbonyl (C=O) groups excluding carboxylic acids is 1. The number of halogens is 1. The lowest BCUT2D eigenvalue weighted by Crippen LogP contribution is -2.10. The van der Waals surface area contributed by atoms with Crippen molar-refractivity contribution in [2.75, 3.05) is 0 Å². The maximum atomic E-state index is 12.2. The van der Waals surface area contributed by atoms with Gasteiger partial charge in [-0.1, -0.05) is 48.0 Å². The molecule has 1 N–H and O–H groups in total. The van der Waals surface area contributed by atoms with Gasteiger partial charge in [0.1, 0.15) is 0 Å². The van der Waals surface area contributed by atoms with Crippen molar-refractivity contribution < 1.29 is 14.7 Å². The summed E-state index contributed by atoms with van der Waals surface area (Å²) in [6.45, 7) is 0. The number of benzene rings is 2. The Kier molecular flexibility index (Phi) is 3.97. The summed E-state index contributed by atoms with van der Waals surface area (Å²) < 4.78 is 0. The van der Waals surface area contributed by atoms with Crippen LogP contribution >= 0.6 is 11.6 Å². The second kappa shape index (κ2) is 5.67. The number of rotatable bonds is 4. The molecule has 0 saturated heterocycles. The first kappa shape index (κ1) is 13.3. The average Bonchev–Trinajstić information content (AvgIpc) is 2.41. The summed E-state index contributed by atoms with van der Waals surface area (Å²) in [6, 6.07) is 13.2. The minimum Gasteiger partial charge on any atom is -0.478 e. The summed E-state index contributed by atoms with van der Waals surface area (Å²) in [5, 5.41) is 9.56. The van der Waals surface area contributed by atoms with Gasteiger partial charge in [-0.25, -0.2) is 4.79 Å². The van der Waals surface area contributed by atoms with Gasteiger partial charge in [0.15, 0.2) is 5.78 Å². The van der Waals surface area contributed by atoms with Crippen molar-refractivity contribution in [3.05, 3.63) is 70.2 Å². The monoisotopic (exact) mass is 274 g/mol. The van der Waals surface area contributed by atoms with Crippen molar-refractivity contribution in [1.29, 1.82) is 0 Å². The van der Waals surface area contributed by atoms with Crippen LogP contribution in [0.25, 0.3) is 0 Å². The van der Waals surface area contributed by atoms with Crippen LogP contribution in [0.1, 0.15) is 26.3 Å². The highest BCUT2D eigenvalue weighted by Crippen LogP contribution is 2.18. The molecule has 2 aromatic rings. The van der Waals surface area contributed by atoms with Gasteiger partial charge in [-0.2, -0.15) is 0 Å². The van der Waals surface area contributed by atoms with Crippen molar-refractivity contribution in [2.45, 2.75) is 6.42 Å². The number of aromatic carboxylic acids is 1. The highest BCUT2D eigenvalue weighted by Gasteiger charge is 2.16. The van der Waals surface area contributed by atoms with E-state index in [1.54, 1.807) is 36.4 Å². The molecule has 0 bridgehead atoms. The zero-order valence-electron chi connectivity index (χ0n) is 9.97. The first-order valence-electron chi connectivity index (χ1n) is 5.68. The first-order valence-corrected chi connectivity index (χ1v) is 6.06. The largest absolute Gasteiger partial charge is 0.478 e. The van der Waals surface area contributed by atoms with Crippen LogP contribution < -0.4 is 0 Å². The lowest BCUT2D eigenvalue weighted by Gasteiger charge is -2.06. The number of ketones is 1. The van der Waals surface area contributed by atoms with Crippen molar-refractivity contribution in [1.82, 2.24) is 0 Å². The van der Waals surface area contributed by atoms with Gasteiger partial charge in [0, 0.05) is 17.0 Å². The Bertz CT molecular complexity index is 635. The zero-order chi connectivity index (χ0) is 13.8. The van der Waals surface area contributed by atoms with Gasteiger partial charge in [0.2, 0.25) is 0 Å². The Morgan fingerprint density at radius 1 is 0.947 bits per heavy atom. The molecule has 0 radical (unpaired) electrons. The number of hydrogen-bond donors (Lipinski definition) is 1. The molecule has 0 fully saturated rings. The Hall–Kier alpha value is -2.13. The number of Topliss-reactive ketones (excluding diaryl/α,β-unsaturated/α-hetero) is 1. The number of carboxylic acid groups (broad SMARTS) is 1. The highest BCUT2D eigenvalue weighted by molar-refractivity contribution is 6.31. The maximum absolute atomic E-state index is 12.2. The van der Waals surface area contributed by atoms with E-state index in [0.29, 0.717) is 10.6 Å². The minimum absolute atomic E-state index is 0.0135. The average molecular weight is 275 g/mol. The van der Waals surface area contributed by atoms with E-state index in [1.165, 1.54) is 12.1 Å². The van der Waals surface area contributed by atoms with Gasteiger partial charge in [0.25, 0.3) is 0 Å². The number of carboxylic acids is 1. The summed E-state index contributed by atoms with van der Waals surface area (Å²) in [5.74, 6) is -1.37. The van der Waals surface area contributed by atoms with Crippen LogP contribution in [0.2, 0.25) is 5.02 Å². The second-order valence-electron chi connectivity index (χ2n) is 4.04. The molecule has 0 amide bonds. The van der Waals surface area contributed by atoms with Crippen LogP contribution in [0.4, 0.5) is 0 Å². The quantitative estimate of drug-likeness (QED) is 0.869. The van der Waals surface area contributed by atoms with E-state index in [-0.39, 0.29) is 23.3 Å². The lowest BCUT2D eigenvalue weighted by molar-refractivity contribution is 0.0692. The second-order valence-corrected chi connectivity index (χ2v) is 4.45. The molecule has 4 heteroatoms. The first-order chi connectivity index (χ1) is 9.09. The topological polar surface area (TPSA) is 54.4 Å². The van der Waals surface area contributed by atoms with Gasteiger partial charge in [-0.15, -0.1) is 0 Å².